The molecular weight excluding hydrogens is 266 g/mol. The highest BCUT2D eigenvalue weighted by Gasteiger charge is 2.18. The summed E-state index contributed by atoms with van der Waals surface area (Å²) >= 11 is 0. The molecule has 0 saturated heterocycles. The Morgan fingerprint density at radius 2 is 2.14 bits per heavy atom. The fraction of sp³-hybridized carbons (Fsp3) is 0.588. The molecule has 0 spiro atoms. The van der Waals surface area contributed by atoms with Crippen molar-refractivity contribution < 1.29 is 14.6 Å². The summed E-state index contributed by atoms with van der Waals surface area (Å²) in [6.07, 6.45) is 1.68. The molecule has 0 heterocycles. The predicted octanol–water partition coefficient (Wildman–Crippen LogP) is 3.31. The monoisotopic (exact) mass is 293 g/mol. The number of nitrogens with one attached hydrogen (secondary N) is 1. The molecule has 0 fully saturated rings. The standard InChI is InChI=1S/C17H27NO3/c1-4-8-21-16-7-5-6-14(10-16)11-18-12-15(17(19)20)9-13(2)3/h5-7,10,13,15,18H,4,8-9,11-12H2,1-3H3,(H,19,20). The molecule has 4 nitrogen and oxygen atoms in total. The molecule has 4 heteroatoms. The lowest BCUT2D eigenvalue weighted by Gasteiger charge is -2.15. The normalized spacial score (nSPS) is 12.4. The molecule has 0 amide bonds. The first-order valence-electron chi connectivity index (χ1n) is 7.68. The number of ether oxygens (including phenoxy) is 1. The van der Waals surface area contributed by atoms with Gasteiger partial charge in [-0.15, -0.1) is 0 Å². The summed E-state index contributed by atoms with van der Waals surface area (Å²) < 4.78 is 5.59. The molecule has 0 aromatic heterocycles. The zero-order valence-electron chi connectivity index (χ0n) is 13.3. The molecule has 1 rings (SSSR count). The predicted molar refractivity (Wildman–Crippen MR) is 84.5 cm³/mol. The number of hydrogen-bond acceptors (Lipinski definition) is 3. The second kappa shape index (κ2) is 9.40. The van der Waals surface area contributed by atoms with E-state index in [1.54, 1.807) is 0 Å². The van der Waals surface area contributed by atoms with Crippen LogP contribution in [0.25, 0.3) is 0 Å². The molecular formula is C17H27NO3. The zero-order chi connectivity index (χ0) is 15.7. The number of rotatable bonds is 10. The number of benzene rings is 1. The van der Waals surface area contributed by atoms with E-state index < -0.39 is 5.97 Å². The van der Waals surface area contributed by atoms with Gasteiger partial charge in [0.1, 0.15) is 5.75 Å². The zero-order valence-corrected chi connectivity index (χ0v) is 13.3. The lowest BCUT2D eigenvalue weighted by Crippen LogP contribution is -2.29. The molecule has 1 aromatic rings. The van der Waals surface area contributed by atoms with Crippen LogP contribution in [0.1, 0.15) is 39.2 Å². The van der Waals surface area contributed by atoms with Crippen LogP contribution >= 0.6 is 0 Å². The van der Waals surface area contributed by atoms with E-state index in [0.29, 0.717) is 32.0 Å². The van der Waals surface area contributed by atoms with Crippen molar-refractivity contribution in [1.29, 1.82) is 0 Å². The van der Waals surface area contributed by atoms with Crippen LogP contribution in [0, 0.1) is 11.8 Å². The van der Waals surface area contributed by atoms with Gasteiger partial charge in [-0.3, -0.25) is 4.79 Å². The van der Waals surface area contributed by atoms with Crippen molar-refractivity contribution in [3.63, 3.8) is 0 Å². The minimum Gasteiger partial charge on any atom is -0.494 e. The topological polar surface area (TPSA) is 58.6 Å². The van der Waals surface area contributed by atoms with Gasteiger partial charge in [0.25, 0.3) is 0 Å². The third-order valence-electron chi connectivity index (χ3n) is 3.20. The van der Waals surface area contributed by atoms with E-state index >= 15 is 0 Å². The number of carboxylic acid groups (broad SMARTS) is 1. The molecule has 118 valence electrons. The van der Waals surface area contributed by atoms with Crippen LogP contribution in [0.3, 0.4) is 0 Å². The van der Waals surface area contributed by atoms with E-state index in [9.17, 15) is 9.90 Å². The van der Waals surface area contributed by atoms with Gasteiger partial charge in [-0.1, -0.05) is 32.9 Å². The highest BCUT2D eigenvalue weighted by Crippen LogP contribution is 2.14. The summed E-state index contributed by atoms with van der Waals surface area (Å²) in [5.74, 6) is 0.201. The largest absolute Gasteiger partial charge is 0.494 e. The van der Waals surface area contributed by atoms with Crippen LogP contribution in [0.5, 0.6) is 5.75 Å². The van der Waals surface area contributed by atoms with Crippen molar-refractivity contribution in [2.24, 2.45) is 11.8 Å². The fourth-order valence-electron chi connectivity index (χ4n) is 2.20. The third-order valence-corrected chi connectivity index (χ3v) is 3.20. The summed E-state index contributed by atoms with van der Waals surface area (Å²) in [6.45, 7) is 8.03. The molecule has 0 aliphatic rings. The molecule has 2 N–H and O–H groups in total. The Morgan fingerprint density at radius 3 is 2.76 bits per heavy atom. The molecule has 1 aromatic carbocycles. The van der Waals surface area contributed by atoms with Crippen molar-refractivity contribution in [1.82, 2.24) is 5.32 Å². The van der Waals surface area contributed by atoms with Gasteiger partial charge in [-0.2, -0.15) is 0 Å². The van der Waals surface area contributed by atoms with Gasteiger partial charge in [0, 0.05) is 13.1 Å². The highest BCUT2D eigenvalue weighted by atomic mass is 16.5. The second-order valence-electron chi connectivity index (χ2n) is 5.79. The van der Waals surface area contributed by atoms with E-state index in [1.165, 1.54) is 0 Å². The van der Waals surface area contributed by atoms with Gasteiger partial charge in [0.2, 0.25) is 0 Å². The number of hydrogen-bond donors (Lipinski definition) is 2. The van der Waals surface area contributed by atoms with Gasteiger partial charge in [0.05, 0.1) is 12.5 Å². The van der Waals surface area contributed by atoms with Crippen molar-refractivity contribution in [3.05, 3.63) is 29.8 Å². The second-order valence-corrected chi connectivity index (χ2v) is 5.79. The number of carbonyl (C=O) groups is 1. The molecule has 0 radical (unpaired) electrons. The Balaban J connectivity index is 2.45. The quantitative estimate of drug-likeness (QED) is 0.695. The lowest BCUT2D eigenvalue weighted by atomic mass is 9.97. The van der Waals surface area contributed by atoms with Gasteiger partial charge in [0.15, 0.2) is 0 Å². The molecule has 0 aliphatic heterocycles. The van der Waals surface area contributed by atoms with Gasteiger partial charge >= 0.3 is 5.97 Å². The van der Waals surface area contributed by atoms with E-state index in [4.69, 9.17) is 4.74 Å². The summed E-state index contributed by atoms with van der Waals surface area (Å²) in [5.41, 5.74) is 1.11. The van der Waals surface area contributed by atoms with E-state index in [0.717, 1.165) is 17.7 Å². The summed E-state index contributed by atoms with van der Waals surface area (Å²) in [7, 11) is 0. The summed E-state index contributed by atoms with van der Waals surface area (Å²) in [6, 6.07) is 7.92. The van der Waals surface area contributed by atoms with Gasteiger partial charge in [-0.05, 0) is 36.5 Å². The molecule has 1 unspecified atom stereocenters. The lowest BCUT2D eigenvalue weighted by molar-refractivity contribution is -0.142. The number of carboxylic acids is 1. The van der Waals surface area contributed by atoms with Crippen LogP contribution < -0.4 is 10.1 Å². The van der Waals surface area contributed by atoms with Gasteiger partial charge in [-0.25, -0.2) is 0 Å². The number of aliphatic carboxylic acids is 1. The molecule has 0 aliphatic carbocycles. The maximum Gasteiger partial charge on any atom is 0.307 e. The first kappa shape index (κ1) is 17.5. The fourth-order valence-corrected chi connectivity index (χ4v) is 2.20. The minimum atomic E-state index is -0.726. The average molecular weight is 293 g/mol. The van der Waals surface area contributed by atoms with Crippen molar-refractivity contribution in [2.45, 2.75) is 40.2 Å². The van der Waals surface area contributed by atoms with Crippen molar-refractivity contribution in [3.8, 4) is 5.75 Å². The molecule has 1 atom stereocenters. The summed E-state index contributed by atoms with van der Waals surface area (Å²) in [4.78, 5) is 11.2. The molecule has 0 saturated carbocycles. The average Bonchev–Trinajstić information content (AvgIpc) is 2.44. The Bertz CT molecular complexity index is 432. The first-order valence-corrected chi connectivity index (χ1v) is 7.68. The van der Waals surface area contributed by atoms with Crippen LogP contribution in [0.2, 0.25) is 0 Å². The SMILES string of the molecule is CCCOc1cccc(CNCC(CC(C)C)C(=O)O)c1. The van der Waals surface area contributed by atoms with Crippen LogP contribution in [0.15, 0.2) is 24.3 Å². The van der Waals surface area contributed by atoms with E-state index in [1.807, 2.05) is 38.1 Å². The third kappa shape index (κ3) is 7.14. The van der Waals surface area contributed by atoms with Crippen LogP contribution in [-0.4, -0.2) is 24.2 Å². The smallest absolute Gasteiger partial charge is 0.307 e. The molecule has 0 bridgehead atoms. The Kier molecular flexibility index (Phi) is 7.83. The summed E-state index contributed by atoms with van der Waals surface area (Å²) in [5, 5.41) is 12.4. The Labute approximate surface area is 127 Å². The Hall–Kier alpha value is -1.55. The molecule has 21 heavy (non-hydrogen) atoms. The van der Waals surface area contributed by atoms with Crippen LogP contribution in [-0.2, 0) is 11.3 Å². The highest BCUT2D eigenvalue weighted by molar-refractivity contribution is 5.70. The first-order chi connectivity index (χ1) is 10.0. The minimum absolute atomic E-state index is 0.329. The van der Waals surface area contributed by atoms with E-state index in [2.05, 4.69) is 12.2 Å². The van der Waals surface area contributed by atoms with E-state index in [-0.39, 0.29) is 5.92 Å². The van der Waals surface area contributed by atoms with Crippen LogP contribution in [0.4, 0.5) is 0 Å². The maximum atomic E-state index is 11.2. The van der Waals surface area contributed by atoms with Crippen molar-refractivity contribution in [2.75, 3.05) is 13.2 Å². The van der Waals surface area contributed by atoms with Gasteiger partial charge < -0.3 is 15.2 Å². The Morgan fingerprint density at radius 1 is 1.38 bits per heavy atom. The maximum absolute atomic E-state index is 11.2. The van der Waals surface area contributed by atoms with Crippen molar-refractivity contribution >= 4 is 5.97 Å².